The van der Waals surface area contributed by atoms with E-state index < -0.39 is 15.8 Å². The fourth-order valence-corrected chi connectivity index (χ4v) is 7.19. The number of carbonyl (C=O) groups is 1. The van der Waals surface area contributed by atoms with Crippen LogP contribution in [-0.4, -0.2) is 39.5 Å². The molecule has 1 heterocycles. The molecule has 0 amide bonds. The number of para-hydroxylation sites is 1. The Balaban J connectivity index is 2.16. The van der Waals surface area contributed by atoms with Crippen LogP contribution in [0.25, 0.3) is 0 Å². The molecule has 0 bridgehead atoms. The molecule has 35 heavy (non-hydrogen) atoms. The molecule has 2 aromatic rings. The largest absolute Gasteiger partial charge is 0.464 e. The minimum absolute atomic E-state index is 0.0869. The zero-order valence-corrected chi connectivity index (χ0v) is 22.6. The lowest BCUT2D eigenvalue weighted by Crippen LogP contribution is -2.37. The number of hydrogen-bond acceptors (Lipinski definition) is 7. The van der Waals surface area contributed by atoms with Gasteiger partial charge in [0.25, 0.3) is 0 Å². The van der Waals surface area contributed by atoms with E-state index >= 15 is 0 Å². The van der Waals surface area contributed by atoms with Gasteiger partial charge in [0.1, 0.15) is 5.75 Å². The minimum Gasteiger partial charge on any atom is -0.464 e. The SMILES string of the molecule is CCCCC1(CC)CN(c2ccccc2)c2cc(SC)c(O/C=C\C(=O)OCC)cc2S(=O)(=O)C1. The van der Waals surface area contributed by atoms with Crippen molar-refractivity contribution in [1.82, 2.24) is 0 Å². The van der Waals surface area contributed by atoms with Crippen molar-refractivity contribution < 1.29 is 22.7 Å². The highest BCUT2D eigenvalue weighted by Gasteiger charge is 2.41. The van der Waals surface area contributed by atoms with Crippen LogP contribution in [0.2, 0.25) is 0 Å². The Morgan fingerprint density at radius 1 is 1.17 bits per heavy atom. The van der Waals surface area contributed by atoms with Crippen LogP contribution < -0.4 is 9.64 Å². The number of anilines is 2. The van der Waals surface area contributed by atoms with Crippen LogP contribution in [0.1, 0.15) is 46.5 Å². The van der Waals surface area contributed by atoms with Crippen molar-refractivity contribution in [3.05, 3.63) is 54.8 Å². The molecule has 0 saturated heterocycles. The lowest BCUT2D eigenvalue weighted by atomic mass is 9.81. The minimum atomic E-state index is -3.61. The lowest BCUT2D eigenvalue weighted by molar-refractivity contribution is -0.137. The maximum absolute atomic E-state index is 13.8. The second-order valence-electron chi connectivity index (χ2n) is 8.78. The Hall–Kier alpha value is -2.45. The van der Waals surface area contributed by atoms with Gasteiger partial charge < -0.3 is 14.4 Å². The first-order valence-electron chi connectivity index (χ1n) is 12.1. The van der Waals surface area contributed by atoms with E-state index in [9.17, 15) is 13.2 Å². The average Bonchev–Trinajstić information content (AvgIpc) is 2.95. The molecule has 3 rings (SSSR count). The Morgan fingerprint density at radius 2 is 1.91 bits per heavy atom. The van der Waals surface area contributed by atoms with Crippen LogP contribution in [-0.2, 0) is 19.4 Å². The second-order valence-corrected chi connectivity index (χ2v) is 11.6. The number of thioether (sulfide) groups is 1. The smallest absolute Gasteiger partial charge is 0.333 e. The van der Waals surface area contributed by atoms with Crippen molar-refractivity contribution in [2.45, 2.75) is 56.2 Å². The molecule has 2 aromatic carbocycles. The third-order valence-electron chi connectivity index (χ3n) is 6.43. The molecule has 1 atom stereocenters. The van der Waals surface area contributed by atoms with Gasteiger partial charge in [0.2, 0.25) is 0 Å². The summed E-state index contributed by atoms with van der Waals surface area (Å²) in [5.41, 5.74) is 1.26. The molecule has 190 valence electrons. The van der Waals surface area contributed by atoms with E-state index in [0.717, 1.165) is 36.3 Å². The number of esters is 1. The number of ether oxygens (including phenoxy) is 2. The van der Waals surface area contributed by atoms with Crippen LogP contribution >= 0.6 is 11.8 Å². The zero-order chi connectivity index (χ0) is 25.5. The Morgan fingerprint density at radius 3 is 2.54 bits per heavy atom. The number of unbranched alkanes of at least 4 members (excludes halogenated alkanes) is 1. The molecule has 0 radical (unpaired) electrons. The van der Waals surface area contributed by atoms with Crippen molar-refractivity contribution in [3.63, 3.8) is 0 Å². The highest BCUT2D eigenvalue weighted by atomic mass is 32.2. The highest BCUT2D eigenvalue weighted by molar-refractivity contribution is 7.98. The number of fused-ring (bicyclic) bond motifs is 1. The van der Waals surface area contributed by atoms with Gasteiger partial charge in [0.05, 0.1) is 40.2 Å². The van der Waals surface area contributed by atoms with Crippen molar-refractivity contribution in [3.8, 4) is 5.75 Å². The van der Waals surface area contributed by atoms with Crippen LogP contribution in [0, 0.1) is 5.41 Å². The summed E-state index contributed by atoms with van der Waals surface area (Å²) in [4.78, 5) is 14.9. The van der Waals surface area contributed by atoms with E-state index in [4.69, 9.17) is 9.47 Å². The topological polar surface area (TPSA) is 72.9 Å². The van der Waals surface area contributed by atoms with Crippen LogP contribution in [0.15, 0.2) is 64.6 Å². The molecule has 0 N–H and O–H groups in total. The summed E-state index contributed by atoms with van der Waals surface area (Å²) in [6.45, 7) is 6.84. The van der Waals surface area contributed by atoms with Gasteiger partial charge in [-0.2, -0.15) is 0 Å². The van der Waals surface area contributed by atoms with E-state index in [0.29, 0.717) is 18.0 Å². The Kier molecular flexibility index (Phi) is 9.30. The van der Waals surface area contributed by atoms with E-state index in [1.54, 1.807) is 13.0 Å². The molecular weight excluding hydrogens is 482 g/mol. The Labute approximate surface area is 213 Å². The van der Waals surface area contributed by atoms with Gasteiger partial charge in [-0.15, -0.1) is 11.8 Å². The number of carbonyl (C=O) groups excluding carboxylic acids is 1. The average molecular weight is 518 g/mol. The molecule has 0 saturated carbocycles. The molecular formula is C27H35NO5S2. The first-order valence-corrected chi connectivity index (χ1v) is 14.9. The molecule has 0 fully saturated rings. The fraction of sp³-hybridized carbons (Fsp3) is 0.444. The van der Waals surface area contributed by atoms with Gasteiger partial charge in [-0.05, 0) is 44.2 Å². The maximum atomic E-state index is 13.8. The lowest BCUT2D eigenvalue weighted by Gasteiger charge is -2.36. The molecule has 8 heteroatoms. The predicted molar refractivity (Wildman–Crippen MR) is 142 cm³/mol. The van der Waals surface area contributed by atoms with E-state index in [2.05, 4.69) is 18.7 Å². The van der Waals surface area contributed by atoms with E-state index in [1.807, 2.05) is 42.7 Å². The van der Waals surface area contributed by atoms with Gasteiger partial charge in [-0.3, -0.25) is 0 Å². The van der Waals surface area contributed by atoms with E-state index in [1.165, 1.54) is 24.1 Å². The normalized spacial score (nSPS) is 19.3. The van der Waals surface area contributed by atoms with Crippen LogP contribution in [0.5, 0.6) is 5.75 Å². The number of nitrogens with zero attached hydrogens (tertiary/aromatic N) is 1. The van der Waals surface area contributed by atoms with Crippen LogP contribution in [0.4, 0.5) is 11.4 Å². The molecule has 0 aromatic heterocycles. The number of sulfone groups is 1. The quantitative estimate of drug-likeness (QED) is 0.157. The maximum Gasteiger partial charge on any atom is 0.333 e. The first-order chi connectivity index (χ1) is 16.8. The molecule has 1 aliphatic heterocycles. The first kappa shape index (κ1) is 27.1. The molecule has 1 unspecified atom stereocenters. The van der Waals surface area contributed by atoms with Gasteiger partial charge in [0, 0.05) is 23.7 Å². The van der Waals surface area contributed by atoms with Crippen molar-refractivity contribution in [2.24, 2.45) is 5.41 Å². The van der Waals surface area contributed by atoms with Crippen LogP contribution in [0.3, 0.4) is 0 Å². The third kappa shape index (κ3) is 6.41. The summed E-state index contributed by atoms with van der Waals surface area (Å²) >= 11 is 1.46. The second kappa shape index (κ2) is 12.0. The monoisotopic (exact) mass is 517 g/mol. The molecule has 0 aliphatic carbocycles. The number of hydrogen-bond donors (Lipinski definition) is 0. The number of benzene rings is 2. The molecule has 6 nitrogen and oxygen atoms in total. The van der Waals surface area contributed by atoms with Crippen molar-refractivity contribution in [1.29, 1.82) is 0 Å². The van der Waals surface area contributed by atoms with E-state index in [-0.39, 0.29) is 22.7 Å². The predicted octanol–water partition coefficient (Wildman–Crippen LogP) is 6.38. The fourth-order valence-electron chi connectivity index (χ4n) is 4.47. The van der Waals surface area contributed by atoms with Gasteiger partial charge in [-0.1, -0.05) is 44.9 Å². The summed E-state index contributed by atoms with van der Waals surface area (Å²) in [5.74, 6) is -0.0331. The summed E-state index contributed by atoms with van der Waals surface area (Å²) in [5, 5.41) is 0. The molecule has 1 aliphatic rings. The van der Waals surface area contributed by atoms with Crippen molar-refractivity contribution >= 4 is 38.9 Å². The van der Waals surface area contributed by atoms with Gasteiger partial charge in [0.15, 0.2) is 9.84 Å². The van der Waals surface area contributed by atoms with Crippen molar-refractivity contribution in [2.75, 3.05) is 30.1 Å². The zero-order valence-electron chi connectivity index (χ0n) is 21.0. The Bertz CT molecular complexity index is 1150. The summed E-state index contributed by atoms with van der Waals surface area (Å²) in [7, 11) is -3.61. The summed E-state index contributed by atoms with van der Waals surface area (Å²) in [6, 6.07) is 13.4. The summed E-state index contributed by atoms with van der Waals surface area (Å²) < 4.78 is 38.3. The molecule has 0 spiro atoms. The number of rotatable bonds is 10. The summed E-state index contributed by atoms with van der Waals surface area (Å²) in [6.07, 6.45) is 7.96. The van der Waals surface area contributed by atoms with Gasteiger partial charge >= 0.3 is 5.97 Å². The third-order valence-corrected chi connectivity index (χ3v) is 9.17. The highest BCUT2D eigenvalue weighted by Crippen LogP contribution is 2.47. The van der Waals surface area contributed by atoms with Gasteiger partial charge in [-0.25, -0.2) is 13.2 Å². The standard InChI is InChI=1S/C27H35NO5S2/c1-5-8-15-27(6-2)19-28(21-12-10-9-11-13-21)22-17-24(34-4)23(18-25(22)35(30,31)20-27)33-16-14-26(29)32-7-3/h9-14,16-18H,5-8,15,19-20H2,1-4H3/b16-14-.